The highest BCUT2D eigenvalue weighted by Crippen LogP contribution is 2.25. The molecule has 1 aliphatic heterocycles. The molecular formula is C25H25N5O. The zero-order valence-corrected chi connectivity index (χ0v) is 17.3. The fourth-order valence-corrected chi connectivity index (χ4v) is 4.06. The van der Waals surface area contributed by atoms with E-state index in [1.807, 2.05) is 47.4 Å². The van der Waals surface area contributed by atoms with Crippen LogP contribution in [0.15, 0.2) is 84.9 Å². The molecule has 0 bridgehead atoms. The molecule has 1 saturated heterocycles. The molecule has 0 aliphatic carbocycles. The summed E-state index contributed by atoms with van der Waals surface area (Å²) in [5.41, 5.74) is 4.19. The smallest absolute Gasteiger partial charge is 0.321 e. The minimum Gasteiger partial charge on any atom is -0.339 e. The molecule has 1 N–H and O–H groups in total. The van der Waals surface area contributed by atoms with E-state index in [-0.39, 0.29) is 6.03 Å². The number of carbonyl (C=O) groups is 1. The van der Waals surface area contributed by atoms with Crippen molar-refractivity contribution >= 4 is 28.7 Å². The van der Waals surface area contributed by atoms with Crippen LogP contribution in [0.3, 0.4) is 0 Å². The number of carbonyl (C=O) groups excluding carboxylic acids is 1. The van der Waals surface area contributed by atoms with Crippen molar-refractivity contribution in [1.82, 2.24) is 14.5 Å². The molecule has 0 spiro atoms. The number of piperazine rings is 1. The SMILES string of the molecule is O=C(Nc1ccccc1)N1CCN(c2nc3ccccc3n2Cc2ccccc2)CC1. The Bertz CT molecular complexity index is 1160. The molecule has 5 rings (SSSR count). The maximum absolute atomic E-state index is 12.6. The average molecular weight is 412 g/mol. The molecular weight excluding hydrogens is 386 g/mol. The second kappa shape index (κ2) is 8.52. The Hall–Kier alpha value is -3.80. The van der Waals surface area contributed by atoms with Crippen LogP contribution >= 0.6 is 0 Å². The number of nitrogens with zero attached hydrogens (tertiary/aromatic N) is 4. The summed E-state index contributed by atoms with van der Waals surface area (Å²) >= 11 is 0. The second-order valence-corrected chi connectivity index (χ2v) is 7.74. The van der Waals surface area contributed by atoms with Gasteiger partial charge in [0.2, 0.25) is 5.95 Å². The molecule has 6 nitrogen and oxygen atoms in total. The van der Waals surface area contributed by atoms with Crippen LogP contribution in [0.4, 0.5) is 16.4 Å². The van der Waals surface area contributed by atoms with Crippen LogP contribution in [0, 0.1) is 0 Å². The molecule has 1 aliphatic rings. The van der Waals surface area contributed by atoms with Crippen LogP contribution in [0.1, 0.15) is 5.56 Å². The van der Waals surface area contributed by atoms with Crippen LogP contribution in [-0.2, 0) is 6.54 Å². The van der Waals surface area contributed by atoms with E-state index in [1.165, 1.54) is 5.56 Å². The van der Waals surface area contributed by atoms with E-state index >= 15 is 0 Å². The molecule has 156 valence electrons. The van der Waals surface area contributed by atoms with Crippen LogP contribution in [0.2, 0.25) is 0 Å². The summed E-state index contributed by atoms with van der Waals surface area (Å²) in [5.74, 6) is 0.966. The minimum absolute atomic E-state index is 0.0522. The summed E-state index contributed by atoms with van der Waals surface area (Å²) in [5, 5.41) is 2.98. The third-order valence-electron chi connectivity index (χ3n) is 5.69. The van der Waals surface area contributed by atoms with Crippen molar-refractivity contribution < 1.29 is 4.79 Å². The Balaban J connectivity index is 1.33. The highest BCUT2D eigenvalue weighted by molar-refractivity contribution is 5.89. The molecule has 2 amide bonds. The molecule has 0 saturated carbocycles. The number of rotatable bonds is 4. The van der Waals surface area contributed by atoms with Crippen molar-refractivity contribution in [3.05, 3.63) is 90.5 Å². The van der Waals surface area contributed by atoms with Gasteiger partial charge < -0.3 is 19.7 Å². The van der Waals surface area contributed by atoms with Gasteiger partial charge in [0, 0.05) is 31.9 Å². The average Bonchev–Trinajstić information content (AvgIpc) is 3.19. The zero-order valence-electron chi connectivity index (χ0n) is 17.3. The lowest BCUT2D eigenvalue weighted by Crippen LogP contribution is -2.50. The van der Waals surface area contributed by atoms with Gasteiger partial charge in [-0.15, -0.1) is 0 Å². The molecule has 1 aromatic heterocycles. The molecule has 0 unspecified atom stereocenters. The van der Waals surface area contributed by atoms with E-state index in [1.54, 1.807) is 0 Å². The fourth-order valence-electron chi connectivity index (χ4n) is 4.06. The quantitative estimate of drug-likeness (QED) is 0.540. The Morgan fingerprint density at radius 2 is 1.45 bits per heavy atom. The number of aromatic nitrogens is 2. The lowest BCUT2D eigenvalue weighted by molar-refractivity contribution is 0.208. The maximum atomic E-state index is 12.6. The van der Waals surface area contributed by atoms with Crippen LogP contribution < -0.4 is 10.2 Å². The van der Waals surface area contributed by atoms with Crippen molar-refractivity contribution in [2.75, 3.05) is 36.4 Å². The highest BCUT2D eigenvalue weighted by Gasteiger charge is 2.25. The summed E-state index contributed by atoms with van der Waals surface area (Å²) in [6, 6.07) is 28.3. The lowest BCUT2D eigenvalue weighted by Gasteiger charge is -2.35. The third kappa shape index (κ3) is 4.10. The van der Waals surface area contributed by atoms with Crippen molar-refractivity contribution in [3.63, 3.8) is 0 Å². The number of hydrogen-bond acceptors (Lipinski definition) is 3. The number of hydrogen-bond donors (Lipinski definition) is 1. The maximum Gasteiger partial charge on any atom is 0.321 e. The number of nitrogens with one attached hydrogen (secondary N) is 1. The minimum atomic E-state index is -0.0522. The van der Waals surface area contributed by atoms with Gasteiger partial charge in [0.25, 0.3) is 0 Å². The van der Waals surface area contributed by atoms with E-state index < -0.39 is 0 Å². The first-order chi connectivity index (χ1) is 15.3. The van der Waals surface area contributed by atoms with Crippen LogP contribution in [0.25, 0.3) is 11.0 Å². The summed E-state index contributed by atoms with van der Waals surface area (Å²) in [6.45, 7) is 3.59. The standard InChI is InChI=1S/C25H25N5O/c31-25(26-21-11-5-2-6-12-21)29-17-15-28(16-18-29)24-27-22-13-7-8-14-23(22)30(24)19-20-9-3-1-4-10-20/h1-14H,15-19H2,(H,26,31). The van der Waals surface area contributed by atoms with Gasteiger partial charge in [-0.25, -0.2) is 9.78 Å². The van der Waals surface area contributed by atoms with Gasteiger partial charge in [0.15, 0.2) is 0 Å². The summed E-state index contributed by atoms with van der Waals surface area (Å²) in [6.07, 6.45) is 0. The molecule has 4 aromatic rings. The number of amides is 2. The molecule has 6 heteroatoms. The molecule has 1 fully saturated rings. The summed E-state index contributed by atoms with van der Waals surface area (Å²) in [7, 11) is 0. The zero-order chi connectivity index (χ0) is 21.0. The van der Waals surface area contributed by atoms with Crippen molar-refractivity contribution in [2.24, 2.45) is 0 Å². The fraction of sp³-hybridized carbons (Fsp3) is 0.200. The topological polar surface area (TPSA) is 53.4 Å². The first-order valence-corrected chi connectivity index (χ1v) is 10.6. The Labute approximate surface area is 181 Å². The first kappa shape index (κ1) is 19.2. The number of fused-ring (bicyclic) bond motifs is 1. The van der Waals surface area contributed by atoms with E-state index in [2.05, 4.69) is 57.2 Å². The van der Waals surface area contributed by atoms with Crippen molar-refractivity contribution in [3.8, 4) is 0 Å². The Kier molecular flexibility index (Phi) is 5.27. The normalized spacial score (nSPS) is 14.1. The second-order valence-electron chi connectivity index (χ2n) is 7.74. The molecule has 3 aromatic carbocycles. The monoisotopic (exact) mass is 411 g/mol. The van der Waals surface area contributed by atoms with E-state index in [0.717, 1.165) is 42.3 Å². The summed E-state index contributed by atoms with van der Waals surface area (Å²) in [4.78, 5) is 21.7. The number of urea groups is 1. The highest BCUT2D eigenvalue weighted by atomic mass is 16.2. The van der Waals surface area contributed by atoms with Gasteiger partial charge in [-0.1, -0.05) is 60.7 Å². The molecule has 31 heavy (non-hydrogen) atoms. The van der Waals surface area contributed by atoms with Gasteiger partial charge in [0.1, 0.15) is 0 Å². The van der Waals surface area contributed by atoms with E-state index in [9.17, 15) is 4.79 Å². The van der Waals surface area contributed by atoms with E-state index in [4.69, 9.17) is 4.98 Å². The number of para-hydroxylation sites is 3. The largest absolute Gasteiger partial charge is 0.339 e. The van der Waals surface area contributed by atoms with Gasteiger partial charge in [-0.05, 0) is 29.8 Å². The Morgan fingerprint density at radius 3 is 2.19 bits per heavy atom. The van der Waals surface area contributed by atoms with Gasteiger partial charge in [0.05, 0.1) is 17.6 Å². The third-order valence-corrected chi connectivity index (χ3v) is 5.69. The van der Waals surface area contributed by atoms with Crippen LogP contribution in [0.5, 0.6) is 0 Å². The lowest BCUT2D eigenvalue weighted by atomic mass is 10.2. The molecule has 0 atom stereocenters. The van der Waals surface area contributed by atoms with Gasteiger partial charge in [-0.2, -0.15) is 0 Å². The van der Waals surface area contributed by atoms with Gasteiger partial charge >= 0.3 is 6.03 Å². The number of imidazole rings is 1. The van der Waals surface area contributed by atoms with Crippen molar-refractivity contribution in [2.45, 2.75) is 6.54 Å². The predicted octanol–water partition coefficient (Wildman–Crippen LogP) is 4.44. The van der Waals surface area contributed by atoms with E-state index in [0.29, 0.717) is 13.1 Å². The van der Waals surface area contributed by atoms with Crippen molar-refractivity contribution in [1.29, 1.82) is 0 Å². The molecule has 0 radical (unpaired) electrons. The summed E-state index contributed by atoms with van der Waals surface area (Å²) < 4.78 is 2.28. The predicted molar refractivity (Wildman–Crippen MR) is 125 cm³/mol. The van der Waals surface area contributed by atoms with Crippen LogP contribution in [-0.4, -0.2) is 46.7 Å². The first-order valence-electron chi connectivity index (χ1n) is 10.6. The number of anilines is 2. The number of benzene rings is 3. The molecule has 2 heterocycles. The Morgan fingerprint density at radius 1 is 0.806 bits per heavy atom. The van der Waals surface area contributed by atoms with Gasteiger partial charge in [-0.3, -0.25) is 0 Å².